The first-order valence-electron chi connectivity index (χ1n) is 11.2. The number of nitrogens with zero attached hydrogens (tertiary/aromatic N) is 2. The molecule has 0 saturated heterocycles. The Balaban J connectivity index is 1.96. The molecule has 0 saturated carbocycles. The van der Waals surface area contributed by atoms with E-state index in [0.717, 1.165) is 6.42 Å². The van der Waals surface area contributed by atoms with Gasteiger partial charge in [-0.2, -0.15) is 21.6 Å². The number of benzene rings is 1. The van der Waals surface area contributed by atoms with Crippen molar-refractivity contribution in [3.8, 4) is 22.3 Å². The first-order valence-corrected chi connectivity index (χ1v) is 13.9. The van der Waals surface area contributed by atoms with Gasteiger partial charge < -0.3 is 14.1 Å². The van der Waals surface area contributed by atoms with E-state index in [1.807, 2.05) is 6.92 Å². The topological polar surface area (TPSA) is 114 Å². The maximum atomic E-state index is 13.2. The number of imidazole rings is 1. The highest BCUT2D eigenvalue weighted by Crippen LogP contribution is 2.48. The summed E-state index contributed by atoms with van der Waals surface area (Å²) < 4.78 is 72.3. The van der Waals surface area contributed by atoms with Crippen LogP contribution in [0.4, 0.5) is 18.9 Å². The zero-order valence-corrected chi connectivity index (χ0v) is 22.8. The molecule has 2 aromatic rings. The average molecular weight is 635 g/mol. The van der Waals surface area contributed by atoms with E-state index in [1.54, 1.807) is 16.9 Å². The molecule has 14 heteroatoms. The van der Waals surface area contributed by atoms with E-state index in [9.17, 15) is 31.5 Å². The average Bonchev–Trinajstić information content (AvgIpc) is 3.31. The van der Waals surface area contributed by atoms with Crippen molar-refractivity contribution < 1.29 is 35.9 Å². The number of para-hydroxylation sites is 1. The third-order valence-corrected chi connectivity index (χ3v) is 8.08. The summed E-state index contributed by atoms with van der Waals surface area (Å²) in [5, 5.41) is 9.68. The predicted molar refractivity (Wildman–Crippen MR) is 139 cm³/mol. The van der Waals surface area contributed by atoms with Gasteiger partial charge >= 0.3 is 21.5 Å². The molecule has 0 fully saturated rings. The number of aromatic nitrogens is 2. The summed E-state index contributed by atoms with van der Waals surface area (Å²) >= 11 is 9.68. The number of fused-ring (bicyclic) bond motifs is 1. The summed E-state index contributed by atoms with van der Waals surface area (Å²) in [7, 11) is -5.72. The van der Waals surface area contributed by atoms with Crippen LogP contribution in [0.15, 0.2) is 51.7 Å². The number of nitrogens with one attached hydrogen (secondary N) is 1. The third kappa shape index (κ3) is 5.14. The number of rotatable bonds is 9. The Morgan fingerprint density at radius 2 is 1.92 bits per heavy atom. The molecule has 0 radical (unpaired) electrons. The number of sulfonamides is 1. The number of carbonyl (C=O) groups is 1. The van der Waals surface area contributed by atoms with Gasteiger partial charge in [0.1, 0.15) is 5.82 Å². The van der Waals surface area contributed by atoms with Gasteiger partial charge in [-0.3, -0.25) is 4.72 Å². The maximum Gasteiger partial charge on any atom is 0.516 e. The highest BCUT2D eigenvalue weighted by Gasteiger charge is 2.46. The summed E-state index contributed by atoms with van der Waals surface area (Å²) in [5.74, 6) is -0.868. The number of unbranched alkanes of at least 4 members (excludes halogenated alkanes) is 1. The summed E-state index contributed by atoms with van der Waals surface area (Å²) in [6.45, 7) is 1.90. The third-order valence-electron chi connectivity index (χ3n) is 5.89. The van der Waals surface area contributed by atoms with Crippen LogP contribution in [0.2, 0.25) is 5.15 Å². The van der Waals surface area contributed by atoms with Crippen molar-refractivity contribution >= 4 is 49.2 Å². The van der Waals surface area contributed by atoms with Gasteiger partial charge in [0.15, 0.2) is 10.8 Å². The summed E-state index contributed by atoms with van der Waals surface area (Å²) in [5.41, 5.74) is -3.95. The summed E-state index contributed by atoms with van der Waals surface area (Å²) in [4.78, 5) is 16.3. The van der Waals surface area contributed by atoms with Gasteiger partial charge in [0.25, 0.3) is 0 Å². The molecule has 2 aliphatic rings. The van der Waals surface area contributed by atoms with Crippen LogP contribution in [-0.4, -0.2) is 34.6 Å². The molecule has 1 aliphatic carbocycles. The number of aryl methyl sites for hydroxylation is 1. The molecule has 0 spiro atoms. The standard InChI is InChI=1S/C24H20BrClF3N3O5S/c1-2-3-8-18-30-22(26)21(23(33)34)32(18)11-15-13-9-10-37-12-16(13)20(25)19(15)14-6-4-5-7-17(14)31-38(35,36)24(27,28)29/h4-7,9-10,12,31H,2-3,8,11H2,1H3,(H,33,34). The minimum Gasteiger partial charge on any atom is -0.476 e. The van der Waals surface area contributed by atoms with Crippen molar-refractivity contribution in [2.24, 2.45) is 0 Å². The molecular formula is C24H20BrClF3N3O5S. The van der Waals surface area contributed by atoms with Gasteiger partial charge in [-0.1, -0.05) is 43.1 Å². The zero-order valence-electron chi connectivity index (χ0n) is 19.6. The van der Waals surface area contributed by atoms with E-state index in [4.69, 9.17) is 16.0 Å². The van der Waals surface area contributed by atoms with E-state index in [1.165, 1.54) is 35.3 Å². The van der Waals surface area contributed by atoms with Gasteiger partial charge in [0.05, 0.1) is 24.8 Å². The number of anilines is 1. The Hall–Kier alpha value is -3.03. The molecule has 0 unspecified atom stereocenters. The Morgan fingerprint density at radius 3 is 2.58 bits per heavy atom. The molecule has 2 heterocycles. The van der Waals surface area contributed by atoms with Crippen LogP contribution in [0.5, 0.6) is 0 Å². The number of carboxylic acids is 1. The molecule has 4 rings (SSSR count). The predicted octanol–water partition coefficient (Wildman–Crippen LogP) is 7.01. The van der Waals surface area contributed by atoms with Crippen LogP contribution >= 0.6 is 27.5 Å². The maximum absolute atomic E-state index is 13.2. The lowest BCUT2D eigenvalue weighted by molar-refractivity contribution is -0.0429. The summed E-state index contributed by atoms with van der Waals surface area (Å²) in [6.07, 6.45) is 4.79. The Morgan fingerprint density at radius 1 is 1.21 bits per heavy atom. The first-order chi connectivity index (χ1) is 17.9. The van der Waals surface area contributed by atoms with Crippen LogP contribution in [0, 0.1) is 0 Å². The van der Waals surface area contributed by atoms with E-state index < -0.39 is 21.5 Å². The number of alkyl halides is 3. The van der Waals surface area contributed by atoms with Crippen molar-refractivity contribution in [2.45, 2.75) is 38.2 Å². The lowest BCUT2D eigenvalue weighted by atomic mass is 10.0. The van der Waals surface area contributed by atoms with E-state index in [-0.39, 0.29) is 28.6 Å². The van der Waals surface area contributed by atoms with Gasteiger partial charge in [-0.15, -0.1) is 0 Å². The monoisotopic (exact) mass is 633 g/mol. The molecule has 38 heavy (non-hydrogen) atoms. The highest BCUT2D eigenvalue weighted by molar-refractivity contribution is 9.10. The largest absolute Gasteiger partial charge is 0.516 e. The Kier molecular flexibility index (Phi) is 7.82. The Labute approximate surface area is 229 Å². The second kappa shape index (κ2) is 10.6. The molecular weight excluding hydrogens is 615 g/mol. The second-order valence-corrected chi connectivity index (χ2v) is 11.1. The number of hydrogen-bond donors (Lipinski definition) is 2. The first kappa shape index (κ1) is 28.0. The van der Waals surface area contributed by atoms with Crippen LogP contribution in [0.1, 0.15) is 41.6 Å². The van der Waals surface area contributed by atoms with Crippen LogP contribution < -0.4 is 4.72 Å². The van der Waals surface area contributed by atoms with E-state index in [2.05, 4.69) is 20.9 Å². The molecule has 1 aromatic heterocycles. The fourth-order valence-corrected chi connectivity index (χ4v) is 5.79. The van der Waals surface area contributed by atoms with Gasteiger partial charge in [0, 0.05) is 27.6 Å². The van der Waals surface area contributed by atoms with Crippen molar-refractivity contribution in [3.63, 3.8) is 0 Å². The van der Waals surface area contributed by atoms with Crippen LogP contribution in [0.25, 0.3) is 22.3 Å². The lowest BCUT2D eigenvalue weighted by Crippen LogP contribution is -2.30. The molecule has 0 bridgehead atoms. The quantitative estimate of drug-likeness (QED) is 0.205. The minimum absolute atomic E-state index is 0.0673. The fraction of sp³-hybridized carbons (Fsp3) is 0.250. The number of aromatic carboxylic acids is 1. The summed E-state index contributed by atoms with van der Waals surface area (Å²) in [6, 6.07) is 7.24. The minimum atomic E-state index is -5.72. The lowest BCUT2D eigenvalue weighted by Gasteiger charge is -2.17. The fourth-order valence-electron chi connectivity index (χ4n) is 4.17. The number of carboxylic acid groups (broad SMARTS) is 1. The van der Waals surface area contributed by atoms with E-state index >= 15 is 0 Å². The molecule has 0 atom stereocenters. The highest BCUT2D eigenvalue weighted by atomic mass is 79.9. The van der Waals surface area contributed by atoms with Gasteiger partial charge in [-0.25, -0.2) is 9.78 Å². The van der Waals surface area contributed by atoms with Gasteiger partial charge in [0.2, 0.25) is 0 Å². The normalized spacial score (nSPS) is 12.3. The Bertz CT molecular complexity index is 1580. The molecule has 1 aliphatic heterocycles. The molecule has 8 nitrogen and oxygen atoms in total. The second-order valence-electron chi connectivity index (χ2n) is 8.31. The van der Waals surface area contributed by atoms with Gasteiger partial charge in [-0.05, 0) is 45.6 Å². The van der Waals surface area contributed by atoms with Crippen LogP contribution in [-0.2, 0) is 23.0 Å². The van der Waals surface area contributed by atoms with Crippen LogP contribution in [0.3, 0.4) is 0 Å². The number of hydrogen-bond acceptors (Lipinski definition) is 5. The molecule has 2 N–H and O–H groups in total. The SMILES string of the molecule is CCCCc1nc(Cl)c(C(=O)O)n1Cc1c2ccocc-2c(Br)c1-c1ccccc1NS(=O)(=O)C(F)(F)F. The molecule has 0 amide bonds. The number of halogens is 5. The van der Waals surface area contributed by atoms with Crippen molar-refractivity contribution in [2.75, 3.05) is 4.72 Å². The van der Waals surface area contributed by atoms with Crippen molar-refractivity contribution in [3.05, 3.63) is 69.6 Å². The molecule has 1 aromatic carbocycles. The molecule has 202 valence electrons. The van der Waals surface area contributed by atoms with Crippen molar-refractivity contribution in [1.82, 2.24) is 9.55 Å². The van der Waals surface area contributed by atoms with E-state index in [0.29, 0.717) is 45.4 Å². The zero-order chi connectivity index (χ0) is 27.8. The smallest absolute Gasteiger partial charge is 0.476 e. The van der Waals surface area contributed by atoms with Crippen molar-refractivity contribution in [1.29, 1.82) is 0 Å².